The number of ether oxygens (including phenoxy) is 2. The van der Waals surface area contributed by atoms with Crippen LogP contribution >= 0.6 is 0 Å². The molecule has 0 saturated heterocycles. The van der Waals surface area contributed by atoms with Crippen LogP contribution in [0, 0.1) is 0 Å². The predicted octanol–water partition coefficient (Wildman–Crippen LogP) is 4.07. The van der Waals surface area contributed by atoms with Crippen LogP contribution in [0.25, 0.3) is 10.9 Å². The molecular formula is C26H32N6O4. The second-order valence-electron chi connectivity index (χ2n) is 9.23. The molecule has 3 heterocycles. The quantitative estimate of drug-likeness (QED) is 0.353. The number of nitrogens with one attached hydrogen (secondary N) is 1. The van der Waals surface area contributed by atoms with Crippen molar-refractivity contribution in [2.45, 2.75) is 64.2 Å². The van der Waals surface area contributed by atoms with E-state index in [4.69, 9.17) is 13.9 Å². The van der Waals surface area contributed by atoms with Crippen LogP contribution in [-0.4, -0.2) is 50.4 Å². The monoisotopic (exact) mass is 492 g/mol. The van der Waals surface area contributed by atoms with Gasteiger partial charge in [0.05, 0.1) is 32.0 Å². The largest absolute Gasteiger partial charge is 0.493 e. The highest BCUT2D eigenvalue weighted by molar-refractivity contribution is 5.83. The third kappa shape index (κ3) is 4.73. The molecule has 1 unspecified atom stereocenters. The highest BCUT2D eigenvalue weighted by Gasteiger charge is 2.33. The van der Waals surface area contributed by atoms with Gasteiger partial charge >= 0.3 is 0 Å². The Bertz CT molecular complexity index is 1360. The molecule has 190 valence electrons. The van der Waals surface area contributed by atoms with Gasteiger partial charge in [0.1, 0.15) is 12.3 Å². The van der Waals surface area contributed by atoms with Crippen LogP contribution in [0.4, 0.5) is 0 Å². The van der Waals surface area contributed by atoms with E-state index in [0.717, 1.165) is 36.2 Å². The third-order valence-electron chi connectivity index (χ3n) is 7.10. The highest BCUT2D eigenvalue weighted by Crippen LogP contribution is 2.35. The summed E-state index contributed by atoms with van der Waals surface area (Å²) in [6.45, 7) is 3.10. The van der Waals surface area contributed by atoms with E-state index in [1.807, 2.05) is 24.3 Å². The molecule has 1 aliphatic rings. The van der Waals surface area contributed by atoms with E-state index >= 15 is 0 Å². The molecule has 0 spiro atoms. The van der Waals surface area contributed by atoms with Crippen molar-refractivity contribution in [3.05, 3.63) is 64.1 Å². The lowest BCUT2D eigenvalue weighted by molar-refractivity contribution is 0.112. The van der Waals surface area contributed by atoms with Gasteiger partial charge in [-0.25, -0.2) is 4.68 Å². The van der Waals surface area contributed by atoms with Crippen LogP contribution in [0.1, 0.15) is 62.2 Å². The molecule has 0 radical (unpaired) electrons. The maximum absolute atomic E-state index is 13.2. The number of pyridine rings is 1. The summed E-state index contributed by atoms with van der Waals surface area (Å²) in [6.07, 6.45) is 7.00. The Kier molecular flexibility index (Phi) is 7.04. The third-order valence-corrected chi connectivity index (χ3v) is 7.10. The molecule has 36 heavy (non-hydrogen) atoms. The smallest absolute Gasteiger partial charge is 0.252 e. The minimum atomic E-state index is -0.109. The zero-order chi connectivity index (χ0) is 25.1. The molecule has 1 aliphatic carbocycles. The molecule has 0 bridgehead atoms. The maximum atomic E-state index is 13.2. The van der Waals surface area contributed by atoms with Crippen molar-refractivity contribution in [3.63, 3.8) is 0 Å². The normalized spacial score (nSPS) is 15.1. The lowest BCUT2D eigenvalue weighted by Gasteiger charge is -2.35. The lowest BCUT2D eigenvalue weighted by Crippen LogP contribution is -2.39. The van der Waals surface area contributed by atoms with Gasteiger partial charge in [0.25, 0.3) is 5.56 Å². The average molecular weight is 493 g/mol. The van der Waals surface area contributed by atoms with Gasteiger partial charge in [-0.05, 0) is 54.0 Å². The summed E-state index contributed by atoms with van der Waals surface area (Å²) in [6, 6.07) is 9.73. The Morgan fingerprint density at radius 1 is 1.19 bits per heavy atom. The van der Waals surface area contributed by atoms with E-state index in [2.05, 4.69) is 32.3 Å². The summed E-state index contributed by atoms with van der Waals surface area (Å²) < 4.78 is 18.2. The van der Waals surface area contributed by atoms with Crippen molar-refractivity contribution in [1.82, 2.24) is 30.1 Å². The lowest BCUT2D eigenvalue weighted by atomic mass is 10.0. The van der Waals surface area contributed by atoms with E-state index in [0.29, 0.717) is 41.7 Å². The summed E-state index contributed by atoms with van der Waals surface area (Å²) >= 11 is 0. The number of rotatable bonds is 10. The van der Waals surface area contributed by atoms with Gasteiger partial charge in [-0.1, -0.05) is 19.8 Å². The molecule has 3 aromatic heterocycles. The number of tetrazole rings is 1. The summed E-state index contributed by atoms with van der Waals surface area (Å²) in [7, 11) is 3.19. The minimum absolute atomic E-state index is 0.0430. The van der Waals surface area contributed by atoms with Crippen molar-refractivity contribution in [2.75, 3.05) is 14.2 Å². The molecule has 4 aromatic rings. The molecule has 1 fully saturated rings. The predicted molar refractivity (Wildman–Crippen MR) is 134 cm³/mol. The Morgan fingerprint density at radius 2 is 1.97 bits per heavy atom. The van der Waals surface area contributed by atoms with Gasteiger partial charge in [0, 0.05) is 29.6 Å². The van der Waals surface area contributed by atoms with Gasteiger partial charge < -0.3 is 18.9 Å². The Morgan fingerprint density at radius 3 is 2.67 bits per heavy atom. The number of fused-ring (bicyclic) bond motifs is 1. The molecule has 0 amide bonds. The summed E-state index contributed by atoms with van der Waals surface area (Å²) in [4.78, 5) is 18.6. The van der Waals surface area contributed by atoms with Gasteiger partial charge in [-0.15, -0.1) is 5.10 Å². The van der Waals surface area contributed by atoms with Crippen LogP contribution in [0.2, 0.25) is 0 Å². The molecule has 1 N–H and O–H groups in total. The number of benzene rings is 1. The number of aromatic nitrogens is 5. The van der Waals surface area contributed by atoms with Gasteiger partial charge in [0.2, 0.25) is 0 Å². The molecule has 0 aliphatic heterocycles. The van der Waals surface area contributed by atoms with Crippen LogP contribution in [0.15, 0.2) is 45.8 Å². The number of H-pyrrole nitrogens is 1. The van der Waals surface area contributed by atoms with Gasteiger partial charge in [0.15, 0.2) is 17.3 Å². The van der Waals surface area contributed by atoms with Crippen LogP contribution in [-0.2, 0) is 13.1 Å². The molecule has 10 nitrogen and oxygen atoms in total. The summed E-state index contributed by atoms with van der Waals surface area (Å²) in [5.74, 6) is 2.78. The first kappa shape index (κ1) is 24.1. The van der Waals surface area contributed by atoms with Crippen molar-refractivity contribution in [3.8, 4) is 11.5 Å². The average Bonchev–Trinajstić information content (AvgIpc) is 3.68. The Hall–Kier alpha value is -3.66. The number of aromatic amines is 1. The number of nitrogens with zero attached hydrogens (tertiary/aromatic N) is 5. The number of hydrogen-bond acceptors (Lipinski definition) is 8. The second kappa shape index (κ2) is 10.5. The molecule has 1 saturated carbocycles. The van der Waals surface area contributed by atoms with Crippen molar-refractivity contribution in [2.24, 2.45) is 0 Å². The molecule has 5 rings (SSSR count). The first-order chi connectivity index (χ1) is 17.6. The summed E-state index contributed by atoms with van der Waals surface area (Å²) in [5.41, 5.74) is 1.30. The van der Waals surface area contributed by atoms with E-state index in [1.165, 1.54) is 12.8 Å². The summed E-state index contributed by atoms with van der Waals surface area (Å²) in [5, 5.41) is 13.5. The topological polar surface area (TPSA) is 111 Å². The van der Waals surface area contributed by atoms with E-state index in [1.54, 1.807) is 31.2 Å². The fourth-order valence-electron chi connectivity index (χ4n) is 5.30. The zero-order valence-electron chi connectivity index (χ0n) is 20.9. The van der Waals surface area contributed by atoms with Crippen LogP contribution < -0.4 is 15.0 Å². The van der Waals surface area contributed by atoms with Crippen molar-refractivity contribution < 1.29 is 13.9 Å². The Labute approximate surface area is 209 Å². The van der Waals surface area contributed by atoms with E-state index in [-0.39, 0.29) is 11.6 Å². The molecule has 1 atom stereocenters. The standard InChI is InChI=1S/C26H32N6O4/c1-4-22(25-28-29-30-32(25)16-20-10-7-11-36-20)31(19-8-5-6-9-19)15-18-12-17-13-23(34-2)24(35-3)14-21(17)27-26(18)33/h7,10-14,19,22H,4-6,8-9,15-16H2,1-3H3,(H,27,33). The first-order valence-corrected chi connectivity index (χ1v) is 12.4. The Balaban J connectivity index is 1.51. The van der Waals surface area contributed by atoms with Crippen molar-refractivity contribution in [1.29, 1.82) is 0 Å². The van der Waals surface area contributed by atoms with Crippen LogP contribution in [0.3, 0.4) is 0 Å². The minimum Gasteiger partial charge on any atom is -0.493 e. The van der Waals surface area contributed by atoms with Gasteiger partial charge in [-0.2, -0.15) is 0 Å². The van der Waals surface area contributed by atoms with Crippen LogP contribution in [0.5, 0.6) is 11.5 Å². The first-order valence-electron chi connectivity index (χ1n) is 12.4. The zero-order valence-corrected chi connectivity index (χ0v) is 20.9. The van der Waals surface area contributed by atoms with E-state index in [9.17, 15) is 4.79 Å². The van der Waals surface area contributed by atoms with E-state index < -0.39 is 0 Å². The molecule has 1 aromatic carbocycles. The number of methoxy groups -OCH3 is 2. The SMILES string of the molecule is CCC(c1nnnn1Cc1ccco1)N(Cc1cc2cc(OC)c(OC)cc2[nH]c1=O)C1CCCC1. The number of furan rings is 1. The molecular weight excluding hydrogens is 460 g/mol. The number of hydrogen-bond donors (Lipinski definition) is 1. The van der Waals surface area contributed by atoms with Crippen molar-refractivity contribution >= 4 is 10.9 Å². The highest BCUT2D eigenvalue weighted by atomic mass is 16.5. The van der Waals surface area contributed by atoms with Gasteiger partial charge in [-0.3, -0.25) is 9.69 Å². The fraction of sp³-hybridized carbons (Fsp3) is 0.462. The fourth-order valence-corrected chi connectivity index (χ4v) is 5.30. The molecule has 10 heteroatoms. The maximum Gasteiger partial charge on any atom is 0.252 e. The second-order valence-corrected chi connectivity index (χ2v) is 9.23.